The standard InChI is InChI=1S/C16H31BrN2/c1-18-11-7-15(8-12-18)19(2)14-16(13-17)9-5-3-4-6-10-16/h15H,3-14H2,1-2H3. The van der Waals surface area contributed by atoms with E-state index < -0.39 is 0 Å². The zero-order chi connectivity index (χ0) is 13.7. The van der Waals surface area contributed by atoms with Crippen LogP contribution in [0, 0.1) is 5.41 Å². The molecule has 0 bridgehead atoms. The molecule has 0 unspecified atom stereocenters. The molecule has 1 saturated heterocycles. The summed E-state index contributed by atoms with van der Waals surface area (Å²) in [6.45, 7) is 3.85. The van der Waals surface area contributed by atoms with Gasteiger partial charge in [0.25, 0.3) is 0 Å². The van der Waals surface area contributed by atoms with Crippen molar-refractivity contribution in [3.8, 4) is 0 Å². The number of hydrogen-bond acceptors (Lipinski definition) is 2. The summed E-state index contributed by atoms with van der Waals surface area (Å²) in [4.78, 5) is 5.15. The van der Waals surface area contributed by atoms with Gasteiger partial charge in [-0.2, -0.15) is 0 Å². The monoisotopic (exact) mass is 330 g/mol. The Morgan fingerprint density at radius 1 is 1.11 bits per heavy atom. The third-order valence-electron chi connectivity index (χ3n) is 5.34. The topological polar surface area (TPSA) is 6.48 Å². The van der Waals surface area contributed by atoms with Crippen LogP contribution >= 0.6 is 15.9 Å². The summed E-state index contributed by atoms with van der Waals surface area (Å²) < 4.78 is 0. The molecule has 0 atom stereocenters. The fraction of sp³-hybridized carbons (Fsp3) is 1.00. The van der Waals surface area contributed by atoms with Crippen LogP contribution < -0.4 is 0 Å². The molecule has 112 valence electrons. The summed E-state index contributed by atoms with van der Waals surface area (Å²) in [5.41, 5.74) is 0.550. The third kappa shape index (κ3) is 4.44. The molecule has 2 nitrogen and oxygen atoms in total. The van der Waals surface area contributed by atoms with Gasteiger partial charge in [0.2, 0.25) is 0 Å². The Balaban J connectivity index is 1.89. The fourth-order valence-corrected chi connectivity index (χ4v) is 4.64. The first-order valence-corrected chi connectivity index (χ1v) is 9.22. The Morgan fingerprint density at radius 3 is 2.21 bits per heavy atom. The van der Waals surface area contributed by atoms with Gasteiger partial charge in [0.1, 0.15) is 0 Å². The third-order valence-corrected chi connectivity index (χ3v) is 6.53. The van der Waals surface area contributed by atoms with Crippen molar-refractivity contribution in [3.05, 3.63) is 0 Å². The molecule has 0 aromatic rings. The van der Waals surface area contributed by atoms with E-state index in [-0.39, 0.29) is 0 Å². The van der Waals surface area contributed by atoms with Crippen molar-refractivity contribution in [1.29, 1.82) is 0 Å². The summed E-state index contributed by atoms with van der Waals surface area (Å²) in [6, 6.07) is 0.815. The SMILES string of the molecule is CN1CCC(N(C)CC2(CBr)CCCCCC2)CC1. The van der Waals surface area contributed by atoms with Crippen LogP contribution in [0.15, 0.2) is 0 Å². The molecule has 3 heteroatoms. The van der Waals surface area contributed by atoms with Gasteiger partial charge in [0.15, 0.2) is 0 Å². The fourth-order valence-electron chi connectivity index (χ4n) is 3.91. The first kappa shape index (κ1) is 15.8. The van der Waals surface area contributed by atoms with Crippen molar-refractivity contribution in [2.75, 3.05) is 39.1 Å². The van der Waals surface area contributed by atoms with Gasteiger partial charge in [-0.25, -0.2) is 0 Å². The Bertz CT molecular complexity index is 253. The van der Waals surface area contributed by atoms with E-state index in [2.05, 4.69) is 39.8 Å². The van der Waals surface area contributed by atoms with Gasteiger partial charge in [-0.3, -0.25) is 0 Å². The first-order chi connectivity index (χ1) is 9.15. The van der Waals surface area contributed by atoms with Crippen LogP contribution in [-0.4, -0.2) is 54.9 Å². The molecule has 2 aliphatic rings. The highest BCUT2D eigenvalue weighted by molar-refractivity contribution is 9.09. The average Bonchev–Trinajstić information content (AvgIpc) is 2.65. The Hall–Kier alpha value is 0.400. The minimum atomic E-state index is 0.550. The van der Waals surface area contributed by atoms with E-state index in [0.717, 1.165) is 6.04 Å². The first-order valence-electron chi connectivity index (χ1n) is 8.10. The van der Waals surface area contributed by atoms with Crippen molar-refractivity contribution in [3.63, 3.8) is 0 Å². The summed E-state index contributed by atoms with van der Waals surface area (Å²) in [7, 11) is 4.62. The molecule has 0 spiro atoms. The second-order valence-electron chi connectivity index (χ2n) is 7.00. The van der Waals surface area contributed by atoms with E-state index in [1.54, 1.807) is 0 Å². The molecule has 1 aliphatic carbocycles. The molecule has 0 amide bonds. The highest BCUT2D eigenvalue weighted by Crippen LogP contribution is 2.38. The highest BCUT2D eigenvalue weighted by Gasteiger charge is 2.33. The summed E-state index contributed by atoms with van der Waals surface area (Å²) >= 11 is 3.83. The van der Waals surface area contributed by atoms with Crippen molar-refractivity contribution >= 4 is 15.9 Å². The number of halogens is 1. The second-order valence-corrected chi connectivity index (χ2v) is 7.56. The van der Waals surface area contributed by atoms with Crippen LogP contribution in [-0.2, 0) is 0 Å². The molecule has 0 radical (unpaired) electrons. The molecule has 0 N–H and O–H groups in total. The van der Waals surface area contributed by atoms with Crippen molar-refractivity contribution < 1.29 is 0 Å². The lowest BCUT2D eigenvalue weighted by Gasteiger charge is -2.41. The zero-order valence-electron chi connectivity index (χ0n) is 12.8. The average molecular weight is 331 g/mol. The number of likely N-dealkylation sites (tertiary alicyclic amines) is 1. The van der Waals surface area contributed by atoms with Crippen LogP contribution in [0.4, 0.5) is 0 Å². The molecular weight excluding hydrogens is 300 g/mol. The maximum Gasteiger partial charge on any atom is 0.0117 e. The number of piperidine rings is 1. The maximum atomic E-state index is 3.83. The Morgan fingerprint density at radius 2 is 1.68 bits per heavy atom. The molecule has 0 aromatic carbocycles. The van der Waals surface area contributed by atoms with Gasteiger partial charge in [-0.15, -0.1) is 0 Å². The van der Waals surface area contributed by atoms with Gasteiger partial charge in [0.05, 0.1) is 0 Å². The lowest BCUT2D eigenvalue weighted by Crippen LogP contribution is -2.46. The zero-order valence-corrected chi connectivity index (χ0v) is 14.4. The van der Waals surface area contributed by atoms with E-state index >= 15 is 0 Å². The Kier molecular flexibility index (Phi) is 6.16. The van der Waals surface area contributed by atoms with E-state index in [0.29, 0.717) is 5.41 Å². The van der Waals surface area contributed by atoms with E-state index in [9.17, 15) is 0 Å². The van der Waals surface area contributed by atoms with Gasteiger partial charge in [-0.1, -0.05) is 41.6 Å². The summed E-state index contributed by atoms with van der Waals surface area (Å²) in [5, 5.41) is 1.19. The number of hydrogen-bond donors (Lipinski definition) is 0. The number of rotatable bonds is 4. The molecule has 1 heterocycles. The number of nitrogens with zero attached hydrogens (tertiary/aromatic N) is 2. The smallest absolute Gasteiger partial charge is 0.0117 e. The minimum Gasteiger partial charge on any atom is -0.306 e. The van der Waals surface area contributed by atoms with Crippen molar-refractivity contribution in [2.45, 2.75) is 57.4 Å². The quantitative estimate of drug-likeness (QED) is 0.572. The van der Waals surface area contributed by atoms with E-state index in [4.69, 9.17) is 0 Å². The van der Waals surface area contributed by atoms with Crippen LogP contribution in [0.25, 0.3) is 0 Å². The second kappa shape index (κ2) is 7.42. The molecular formula is C16H31BrN2. The van der Waals surface area contributed by atoms with Gasteiger partial charge in [-0.05, 0) is 58.3 Å². The number of alkyl halides is 1. The molecule has 2 fully saturated rings. The van der Waals surface area contributed by atoms with E-state index in [1.165, 1.54) is 76.3 Å². The molecule has 1 saturated carbocycles. The minimum absolute atomic E-state index is 0.550. The van der Waals surface area contributed by atoms with Crippen LogP contribution in [0.2, 0.25) is 0 Å². The lowest BCUT2D eigenvalue weighted by atomic mass is 9.81. The van der Waals surface area contributed by atoms with Crippen molar-refractivity contribution in [1.82, 2.24) is 9.80 Å². The normalized spacial score (nSPS) is 26.5. The van der Waals surface area contributed by atoms with Crippen molar-refractivity contribution in [2.24, 2.45) is 5.41 Å². The summed E-state index contributed by atoms with van der Waals surface area (Å²) in [5.74, 6) is 0. The van der Waals surface area contributed by atoms with Crippen LogP contribution in [0.1, 0.15) is 51.4 Å². The molecule has 0 aromatic heterocycles. The van der Waals surface area contributed by atoms with Gasteiger partial charge < -0.3 is 9.80 Å². The van der Waals surface area contributed by atoms with Crippen LogP contribution in [0.5, 0.6) is 0 Å². The molecule has 1 aliphatic heterocycles. The highest BCUT2D eigenvalue weighted by atomic mass is 79.9. The maximum absolute atomic E-state index is 3.83. The van der Waals surface area contributed by atoms with Gasteiger partial charge >= 0.3 is 0 Å². The summed E-state index contributed by atoms with van der Waals surface area (Å²) in [6.07, 6.45) is 11.3. The molecule has 2 rings (SSSR count). The van der Waals surface area contributed by atoms with Crippen LogP contribution in [0.3, 0.4) is 0 Å². The predicted octanol–water partition coefficient (Wildman–Crippen LogP) is 3.75. The predicted molar refractivity (Wildman–Crippen MR) is 87.1 cm³/mol. The Labute approximate surface area is 128 Å². The molecule has 19 heavy (non-hydrogen) atoms. The van der Waals surface area contributed by atoms with E-state index in [1.807, 2.05) is 0 Å². The largest absolute Gasteiger partial charge is 0.306 e. The van der Waals surface area contributed by atoms with Gasteiger partial charge in [0, 0.05) is 17.9 Å². The lowest BCUT2D eigenvalue weighted by molar-refractivity contribution is 0.0948.